The number of nitrogens with one attached hydrogen (secondary N) is 1. The van der Waals surface area contributed by atoms with E-state index in [4.69, 9.17) is 0 Å². The van der Waals surface area contributed by atoms with Crippen LogP contribution in [0.2, 0.25) is 0 Å². The van der Waals surface area contributed by atoms with Gasteiger partial charge in [-0.2, -0.15) is 0 Å². The van der Waals surface area contributed by atoms with Gasteiger partial charge in [-0.1, -0.05) is 25.7 Å². The number of fused-ring (bicyclic) bond motifs is 1. The molecule has 0 amide bonds. The minimum absolute atomic E-state index is 0.0811. The van der Waals surface area contributed by atoms with E-state index in [1.807, 2.05) is 22.9 Å². The van der Waals surface area contributed by atoms with Crippen LogP contribution in [0.1, 0.15) is 57.4 Å². The second kappa shape index (κ2) is 9.33. The molecule has 1 saturated heterocycles. The number of aliphatic hydroxyl groups is 1. The Hall–Kier alpha value is -2.86. The van der Waals surface area contributed by atoms with E-state index in [2.05, 4.69) is 39.5 Å². The van der Waals surface area contributed by atoms with E-state index in [-0.39, 0.29) is 17.7 Å². The van der Waals surface area contributed by atoms with E-state index < -0.39 is 0 Å². The highest BCUT2D eigenvalue weighted by Crippen LogP contribution is 2.30. The Labute approximate surface area is 188 Å². The van der Waals surface area contributed by atoms with E-state index in [0.29, 0.717) is 0 Å². The third kappa shape index (κ3) is 4.51. The molecule has 0 atom stereocenters. The van der Waals surface area contributed by atoms with E-state index >= 15 is 0 Å². The molecule has 6 heteroatoms. The van der Waals surface area contributed by atoms with Gasteiger partial charge in [-0.15, -0.1) is 0 Å². The van der Waals surface area contributed by atoms with Gasteiger partial charge in [0, 0.05) is 54.2 Å². The molecule has 1 aliphatic heterocycles. The van der Waals surface area contributed by atoms with Crippen molar-refractivity contribution in [2.45, 2.75) is 63.5 Å². The standard InChI is InChI=1S/C26H32N4O2/c31-23-13-15-29(16-14-23)21-10-8-20(9-11-21)28-25-17-24-19(18-27-25)7-12-26(32)30(24)22-5-3-1-2-4-6-22/h7-12,17-18,22-23,31H,1-6,13-16H2,(H,27,28). The van der Waals surface area contributed by atoms with Gasteiger partial charge in [0.2, 0.25) is 0 Å². The Morgan fingerprint density at radius 1 is 0.906 bits per heavy atom. The van der Waals surface area contributed by atoms with Crippen LogP contribution < -0.4 is 15.8 Å². The van der Waals surface area contributed by atoms with Crippen LogP contribution in [0.3, 0.4) is 0 Å². The van der Waals surface area contributed by atoms with Crippen LogP contribution in [-0.2, 0) is 0 Å². The summed E-state index contributed by atoms with van der Waals surface area (Å²) in [6.45, 7) is 1.78. The fourth-order valence-electron chi connectivity index (χ4n) is 5.14. The maximum absolute atomic E-state index is 12.8. The molecule has 0 radical (unpaired) electrons. The number of hydrogen-bond donors (Lipinski definition) is 2. The number of piperidine rings is 1. The minimum atomic E-state index is -0.165. The topological polar surface area (TPSA) is 70.4 Å². The van der Waals surface area contributed by atoms with E-state index in [0.717, 1.165) is 61.2 Å². The first-order chi connectivity index (χ1) is 15.7. The lowest BCUT2D eigenvalue weighted by Crippen LogP contribution is -2.35. The highest BCUT2D eigenvalue weighted by atomic mass is 16.3. The summed E-state index contributed by atoms with van der Waals surface area (Å²) >= 11 is 0. The van der Waals surface area contributed by atoms with Crippen LogP contribution in [0.5, 0.6) is 0 Å². The fraction of sp³-hybridized carbons (Fsp3) is 0.462. The fourth-order valence-corrected chi connectivity index (χ4v) is 5.14. The molecule has 2 N–H and O–H groups in total. The maximum Gasteiger partial charge on any atom is 0.251 e. The Morgan fingerprint density at radius 3 is 2.34 bits per heavy atom. The normalized spacial score (nSPS) is 18.6. The smallest absolute Gasteiger partial charge is 0.251 e. The molecular weight excluding hydrogens is 400 g/mol. The molecule has 1 aromatic carbocycles. The molecule has 168 valence electrons. The molecule has 6 nitrogen and oxygen atoms in total. The van der Waals surface area contributed by atoms with E-state index in [9.17, 15) is 9.90 Å². The molecule has 1 aliphatic carbocycles. The van der Waals surface area contributed by atoms with Crippen LogP contribution in [0.4, 0.5) is 17.2 Å². The van der Waals surface area contributed by atoms with Crippen LogP contribution in [0, 0.1) is 0 Å². The van der Waals surface area contributed by atoms with Gasteiger partial charge in [0.15, 0.2) is 0 Å². The molecule has 32 heavy (non-hydrogen) atoms. The second-order valence-corrected chi connectivity index (χ2v) is 9.21. The SMILES string of the molecule is O=c1ccc2cnc(Nc3ccc(N4CCC(O)CC4)cc3)cc2n1C1CCCCCC1. The summed E-state index contributed by atoms with van der Waals surface area (Å²) in [5, 5.41) is 14.1. The predicted octanol–water partition coefficient (Wildman–Crippen LogP) is 5.00. The Morgan fingerprint density at radius 2 is 1.62 bits per heavy atom. The maximum atomic E-state index is 12.8. The molecule has 1 saturated carbocycles. The van der Waals surface area contributed by atoms with Crippen molar-refractivity contribution in [2.24, 2.45) is 0 Å². The average Bonchev–Trinajstić information content (AvgIpc) is 3.09. The zero-order valence-corrected chi connectivity index (χ0v) is 18.5. The van der Waals surface area contributed by atoms with Gasteiger partial charge in [0.25, 0.3) is 5.56 Å². The van der Waals surface area contributed by atoms with Gasteiger partial charge in [0.05, 0.1) is 11.6 Å². The molecule has 2 aliphatic rings. The third-order valence-corrected chi connectivity index (χ3v) is 6.97. The molecule has 0 unspecified atom stereocenters. The Balaban J connectivity index is 1.39. The Kier molecular flexibility index (Phi) is 6.12. The van der Waals surface area contributed by atoms with Gasteiger partial charge in [-0.3, -0.25) is 4.79 Å². The van der Waals surface area contributed by atoms with Crippen molar-refractivity contribution < 1.29 is 5.11 Å². The Bertz CT molecular complexity index is 1110. The van der Waals surface area contributed by atoms with Crippen LogP contribution in [0.15, 0.2) is 53.5 Å². The number of aromatic nitrogens is 2. The van der Waals surface area contributed by atoms with Gasteiger partial charge in [-0.25, -0.2) is 4.98 Å². The van der Waals surface area contributed by atoms with E-state index in [1.54, 1.807) is 6.07 Å². The van der Waals surface area contributed by atoms with Crippen molar-refractivity contribution in [2.75, 3.05) is 23.3 Å². The van der Waals surface area contributed by atoms with Crippen molar-refractivity contribution in [3.8, 4) is 0 Å². The quantitative estimate of drug-likeness (QED) is 0.568. The molecule has 2 fully saturated rings. The lowest BCUT2D eigenvalue weighted by atomic mass is 10.1. The lowest BCUT2D eigenvalue weighted by molar-refractivity contribution is 0.145. The first-order valence-corrected chi connectivity index (χ1v) is 12.0. The summed E-state index contributed by atoms with van der Waals surface area (Å²) in [4.78, 5) is 19.7. The summed E-state index contributed by atoms with van der Waals surface area (Å²) in [6, 6.07) is 14.2. The number of hydrogen-bond acceptors (Lipinski definition) is 5. The summed E-state index contributed by atoms with van der Waals surface area (Å²) in [5.74, 6) is 0.749. The van der Waals surface area contributed by atoms with Crippen molar-refractivity contribution in [3.63, 3.8) is 0 Å². The summed E-state index contributed by atoms with van der Waals surface area (Å²) in [6.07, 6.45) is 10.4. The molecule has 3 heterocycles. The first-order valence-electron chi connectivity index (χ1n) is 12.0. The van der Waals surface area contributed by atoms with Crippen molar-refractivity contribution in [1.82, 2.24) is 9.55 Å². The predicted molar refractivity (Wildman–Crippen MR) is 130 cm³/mol. The number of aliphatic hydroxyl groups excluding tert-OH is 1. The number of pyridine rings is 2. The first kappa shape index (κ1) is 21.0. The molecule has 5 rings (SSSR count). The van der Waals surface area contributed by atoms with Crippen LogP contribution in [-0.4, -0.2) is 33.9 Å². The molecule has 0 spiro atoms. The van der Waals surface area contributed by atoms with Crippen molar-refractivity contribution in [1.29, 1.82) is 0 Å². The minimum Gasteiger partial charge on any atom is -0.393 e. The zero-order chi connectivity index (χ0) is 21.9. The van der Waals surface area contributed by atoms with Crippen LogP contribution >= 0.6 is 0 Å². The summed E-state index contributed by atoms with van der Waals surface area (Å²) in [5.41, 5.74) is 3.19. The summed E-state index contributed by atoms with van der Waals surface area (Å²) < 4.78 is 2.00. The average molecular weight is 433 g/mol. The monoisotopic (exact) mass is 432 g/mol. The number of anilines is 3. The van der Waals surface area contributed by atoms with Gasteiger partial charge in [-0.05, 0) is 56.0 Å². The number of nitrogens with zero attached hydrogens (tertiary/aromatic N) is 3. The molecular formula is C26H32N4O2. The molecule has 2 aromatic heterocycles. The van der Waals surface area contributed by atoms with Crippen LogP contribution in [0.25, 0.3) is 10.9 Å². The molecule has 0 bridgehead atoms. The lowest BCUT2D eigenvalue weighted by Gasteiger charge is -2.31. The highest BCUT2D eigenvalue weighted by Gasteiger charge is 2.19. The van der Waals surface area contributed by atoms with Gasteiger partial charge < -0.3 is 19.9 Å². The summed E-state index contributed by atoms with van der Waals surface area (Å²) in [7, 11) is 0. The largest absolute Gasteiger partial charge is 0.393 e. The molecule has 3 aromatic rings. The van der Waals surface area contributed by atoms with E-state index in [1.165, 1.54) is 31.4 Å². The third-order valence-electron chi connectivity index (χ3n) is 6.97. The van der Waals surface area contributed by atoms with Crippen molar-refractivity contribution >= 4 is 28.1 Å². The van der Waals surface area contributed by atoms with Crippen molar-refractivity contribution in [3.05, 3.63) is 59.0 Å². The van der Waals surface area contributed by atoms with Gasteiger partial charge in [0.1, 0.15) is 5.82 Å². The second-order valence-electron chi connectivity index (χ2n) is 9.21. The number of benzene rings is 1. The highest BCUT2D eigenvalue weighted by molar-refractivity contribution is 5.81. The zero-order valence-electron chi connectivity index (χ0n) is 18.5. The van der Waals surface area contributed by atoms with Gasteiger partial charge >= 0.3 is 0 Å². The number of rotatable bonds is 4.